The van der Waals surface area contributed by atoms with Gasteiger partial charge in [0.2, 0.25) is 0 Å². The molecule has 0 amide bonds. The normalized spacial score (nSPS) is 20.3. The molecule has 4 nitrogen and oxygen atoms in total. The molecule has 4 heteroatoms. The van der Waals surface area contributed by atoms with Gasteiger partial charge in [-0.2, -0.15) is 0 Å². The highest BCUT2D eigenvalue weighted by atomic mass is 16.5. The smallest absolute Gasteiger partial charge is 0.167 e. The van der Waals surface area contributed by atoms with Crippen LogP contribution in [0.15, 0.2) is 47.6 Å². The van der Waals surface area contributed by atoms with E-state index in [1.165, 1.54) is 5.57 Å². The van der Waals surface area contributed by atoms with E-state index in [2.05, 4.69) is 19.1 Å². The number of methoxy groups -OCH3 is 1. The van der Waals surface area contributed by atoms with E-state index < -0.39 is 5.60 Å². The number of hydrogen-bond acceptors (Lipinski definition) is 4. The third kappa shape index (κ3) is 5.73. The molecule has 2 rings (SSSR count). The summed E-state index contributed by atoms with van der Waals surface area (Å²) in [5.74, 6) is 1.77. The Bertz CT molecular complexity index is 685. The second kappa shape index (κ2) is 9.04. The van der Waals surface area contributed by atoms with Gasteiger partial charge in [0.25, 0.3) is 0 Å². The molecular weight excluding hydrogens is 328 g/mol. The summed E-state index contributed by atoms with van der Waals surface area (Å²) in [5.41, 5.74) is 1.78. The molecule has 1 atom stereocenters. The molecule has 1 aromatic rings. The van der Waals surface area contributed by atoms with Crippen LogP contribution in [0.2, 0.25) is 0 Å². The number of ketones is 1. The minimum atomic E-state index is -0.646. The Morgan fingerprint density at radius 2 is 2.00 bits per heavy atom. The topological polar surface area (TPSA) is 44.8 Å². The molecule has 0 spiro atoms. The molecule has 1 aliphatic heterocycles. The number of Topliss-reactive ketones (excluding diaryl/α,β-unsaturated/α-hetero) is 1. The zero-order valence-corrected chi connectivity index (χ0v) is 16.5. The molecule has 0 N–H and O–H groups in total. The Kier molecular flexibility index (Phi) is 7.04. The number of hydrogen-bond donors (Lipinski definition) is 0. The second-order valence-electron chi connectivity index (χ2n) is 7.27. The minimum Gasteiger partial charge on any atom is -0.497 e. The molecule has 1 saturated heterocycles. The van der Waals surface area contributed by atoms with Crippen LogP contribution in [-0.2, 0) is 9.53 Å². The van der Waals surface area contributed by atoms with Gasteiger partial charge in [-0.15, -0.1) is 0 Å². The van der Waals surface area contributed by atoms with Crippen molar-refractivity contribution in [2.45, 2.75) is 58.7 Å². The summed E-state index contributed by atoms with van der Waals surface area (Å²) in [7, 11) is 1.65. The van der Waals surface area contributed by atoms with E-state index in [0.29, 0.717) is 13.0 Å². The van der Waals surface area contributed by atoms with Gasteiger partial charge in [0, 0.05) is 12.5 Å². The summed E-state index contributed by atoms with van der Waals surface area (Å²) in [4.78, 5) is 11.9. The summed E-state index contributed by atoms with van der Waals surface area (Å²) in [5, 5.41) is 0. The first-order valence-electron chi connectivity index (χ1n) is 9.12. The van der Waals surface area contributed by atoms with Crippen molar-refractivity contribution in [1.82, 2.24) is 0 Å². The predicted molar refractivity (Wildman–Crippen MR) is 104 cm³/mol. The van der Waals surface area contributed by atoms with E-state index in [1.807, 2.05) is 45.0 Å². The fraction of sp³-hybridized carbons (Fsp3) is 0.500. The van der Waals surface area contributed by atoms with Crippen molar-refractivity contribution in [3.05, 3.63) is 47.6 Å². The molecule has 0 aliphatic carbocycles. The summed E-state index contributed by atoms with van der Waals surface area (Å²) < 4.78 is 16.8. The summed E-state index contributed by atoms with van der Waals surface area (Å²) in [6.07, 6.45) is 6.59. The zero-order chi connectivity index (χ0) is 19.2. The fourth-order valence-electron chi connectivity index (χ4n) is 2.86. The zero-order valence-electron chi connectivity index (χ0n) is 16.5. The molecule has 0 aromatic heterocycles. The van der Waals surface area contributed by atoms with Crippen LogP contribution in [0.1, 0.15) is 47.0 Å². The van der Waals surface area contributed by atoms with Crippen molar-refractivity contribution < 1.29 is 19.0 Å². The molecule has 0 saturated carbocycles. The number of carbonyl (C=O) groups is 1. The van der Waals surface area contributed by atoms with Crippen LogP contribution >= 0.6 is 0 Å². The first-order valence-corrected chi connectivity index (χ1v) is 9.12. The molecule has 1 fully saturated rings. The first-order chi connectivity index (χ1) is 12.3. The molecule has 0 radical (unpaired) electrons. The van der Waals surface area contributed by atoms with Crippen molar-refractivity contribution in [2.24, 2.45) is 0 Å². The Morgan fingerprint density at radius 1 is 1.27 bits per heavy atom. The van der Waals surface area contributed by atoms with Crippen LogP contribution < -0.4 is 9.47 Å². The standard InChI is InChI=1S/C22H30O4/c1-16(12-13-25-19-11-7-10-18(14-19)24-5)8-6-9-17(2)20-15-21(23)22(3,4)26-20/h7,9-12,14,20H,6,8,13,15H2,1-5H3/b16-12+,17-9+. The van der Waals surface area contributed by atoms with Crippen molar-refractivity contribution in [3.8, 4) is 11.5 Å². The van der Waals surface area contributed by atoms with E-state index in [9.17, 15) is 4.79 Å². The quantitative estimate of drug-likeness (QED) is 0.621. The molecule has 1 aromatic carbocycles. The second-order valence-corrected chi connectivity index (χ2v) is 7.27. The molecule has 142 valence electrons. The lowest BCUT2D eigenvalue weighted by Crippen LogP contribution is -2.27. The minimum absolute atomic E-state index is 0.0711. The Balaban J connectivity index is 1.76. The number of rotatable bonds is 8. The van der Waals surface area contributed by atoms with Crippen LogP contribution in [0.3, 0.4) is 0 Å². The number of carbonyl (C=O) groups excluding carboxylic acids is 1. The van der Waals surface area contributed by atoms with Gasteiger partial charge in [-0.3, -0.25) is 4.79 Å². The van der Waals surface area contributed by atoms with Gasteiger partial charge in [0.15, 0.2) is 5.78 Å². The van der Waals surface area contributed by atoms with Gasteiger partial charge in [-0.1, -0.05) is 17.7 Å². The van der Waals surface area contributed by atoms with E-state index in [0.717, 1.165) is 29.9 Å². The maximum Gasteiger partial charge on any atom is 0.167 e. The Labute approximate surface area is 156 Å². The Morgan fingerprint density at radius 3 is 2.65 bits per heavy atom. The molecule has 26 heavy (non-hydrogen) atoms. The lowest BCUT2D eigenvalue weighted by atomic mass is 10.0. The predicted octanol–water partition coefficient (Wildman–Crippen LogP) is 4.88. The van der Waals surface area contributed by atoms with E-state index >= 15 is 0 Å². The Hall–Kier alpha value is -2.07. The van der Waals surface area contributed by atoms with Crippen LogP contribution in [-0.4, -0.2) is 31.2 Å². The molecular formula is C22H30O4. The highest BCUT2D eigenvalue weighted by Crippen LogP contribution is 2.30. The van der Waals surface area contributed by atoms with Gasteiger partial charge in [0.05, 0.1) is 13.2 Å². The third-order valence-electron chi connectivity index (χ3n) is 4.72. The van der Waals surface area contributed by atoms with Gasteiger partial charge in [0.1, 0.15) is 23.7 Å². The van der Waals surface area contributed by atoms with Crippen molar-refractivity contribution >= 4 is 5.78 Å². The molecule has 0 bridgehead atoms. The highest BCUT2D eigenvalue weighted by molar-refractivity contribution is 5.89. The van der Waals surface area contributed by atoms with Gasteiger partial charge in [-0.25, -0.2) is 0 Å². The van der Waals surface area contributed by atoms with Crippen LogP contribution in [0.4, 0.5) is 0 Å². The largest absolute Gasteiger partial charge is 0.497 e. The van der Waals surface area contributed by atoms with Crippen LogP contribution in [0, 0.1) is 0 Å². The van der Waals surface area contributed by atoms with E-state index in [4.69, 9.17) is 14.2 Å². The maximum atomic E-state index is 11.9. The average Bonchev–Trinajstić information content (AvgIpc) is 2.88. The summed E-state index contributed by atoms with van der Waals surface area (Å²) in [6, 6.07) is 7.60. The van der Waals surface area contributed by atoms with Crippen LogP contribution in [0.25, 0.3) is 0 Å². The fourth-order valence-corrected chi connectivity index (χ4v) is 2.86. The number of benzene rings is 1. The maximum absolute atomic E-state index is 11.9. The summed E-state index contributed by atoms with van der Waals surface area (Å²) >= 11 is 0. The molecule has 1 aliphatic rings. The van der Waals surface area contributed by atoms with Crippen LogP contribution in [0.5, 0.6) is 11.5 Å². The molecule has 1 heterocycles. The average molecular weight is 358 g/mol. The SMILES string of the molecule is COc1cccc(OC/C=C(\C)CC/C=C(\C)C2CC(=O)C(C)(C)O2)c1. The number of allylic oxidation sites excluding steroid dienone is 2. The highest BCUT2D eigenvalue weighted by Gasteiger charge is 2.40. The monoisotopic (exact) mass is 358 g/mol. The summed E-state index contributed by atoms with van der Waals surface area (Å²) in [6.45, 7) is 8.38. The van der Waals surface area contributed by atoms with Crippen molar-refractivity contribution in [1.29, 1.82) is 0 Å². The first kappa shape index (κ1) is 20.2. The van der Waals surface area contributed by atoms with Crippen molar-refractivity contribution in [2.75, 3.05) is 13.7 Å². The van der Waals surface area contributed by atoms with Gasteiger partial charge < -0.3 is 14.2 Å². The third-order valence-corrected chi connectivity index (χ3v) is 4.72. The number of ether oxygens (including phenoxy) is 3. The van der Waals surface area contributed by atoms with Crippen molar-refractivity contribution in [3.63, 3.8) is 0 Å². The lowest BCUT2D eigenvalue weighted by Gasteiger charge is -2.18. The molecule has 1 unspecified atom stereocenters. The van der Waals surface area contributed by atoms with E-state index in [1.54, 1.807) is 7.11 Å². The lowest BCUT2D eigenvalue weighted by molar-refractivity contribution is -0.129. The van der Waals surface area contributed by atoms with E-state index in [-0.39, 0.29) is 11.9 Å². The van der Waals surface area contributed by atoms with Gasteiger partial charge >= 0.3 is 0 Å². The van der Waals surface area contributed by atoms with Gasteiger partial charge in [-0.05, 0) is 64.3 Å².